The van der Waals surface area contributed by atoms with Gasteiger partial charge in [-0.1, -0.05) is 29.4 Å². The van der Waals surface area contributed by atoms with Crippen molar-refractivity contribution in [2.24, 2.45) is 7.05 Å². The second kappa shape index (κ2) is 10.4. The molecule has 10 heteroatoms. The lowest BCUT2D eigenvalue weighted by atomic mass is 10.2. The molecule has 0 spiro atoms. The zero-order valence-electron chi connectivity index (χ0n) is 17.6. The van der Waals surface area contributed by atoms with Gasteiger partial charge in [0, 0.05) is 18.1 Å². The maximum atomic E-state index is 12.4. The monoisotopic (exact) mass is 462 g/mol. The summed E-state index contributed by atoms with van der Waals surface area (Å²) < 4.78 is 18.2. The number of carbonyl (C=O) groups excluding carboxylic acids is 1. The highest BCUT2D eigenvalue weighted by atomic mass is 35.5. The van der Waals surface area contributed by atoms with Crippen LogP contribution in [0.15, 0.2) is 47.6 Å². The highest BCUT2D eigenvalue weighted by Crippen LogP contribution is 2.30. The topological polar surface area (TPSA) is 87.5 Å². The summed E-state index contributed by atoms with van der Waals surface area (Å²) in [7, 11) is 4.94. The molecule has 1 amide bonds. The van der Waals surface area contributed by atoms with Crippen LogP contribution < -0.4 is 19.5 Å². The number of halogens is 1. The van der Waals surface area contributed by atoms with Crippen LogP contribution in [0.1, 0.15) is 18.9 Å². The Morgan fingerprint density at radius 2 is 1.97 bits per heavy atom. The number of carbonyl (C=O) groups is 1. The minimum Gasteiger partial charge on any atom is -0.497 e. The molecule has 1 heterocycles. The minimum absolute atomic E-state index is 0.157. The zero-order chi connectivity index (χ0) is 22.4. The predicted molar refractivity (Wildman–Crippen MR) is 120 cm³/mol. The van der Waals surface area contributed by atoms with Gasteiger partial charge in [-0.05, 0) is 37.3 Å². The highest BCUT2D eigenvalue weighted by molar-refractivity contribution is 7.99. The number of anilines is 1. The minimum atomic E-state index is -0.345. The molecule has 0 fully saturated rings. The number of nitrogens with one attached hydrogen (secondary N) is 1. The van der Waals surface area contributed by atoms with E-state index < -0.39 is 0 Å². The SMILES string of the molecule is COc1ccc(NC(=O)CSc2nnc(C(C)Oc3cccc(Cl)c3)n2C)c(OC)c1. The van der Waals surface area contributed by atoms with Crippen molar-refractivity contribution in [2.45, 2.75) is 18.2 Å². The summed E-state index contributed by atoms with van der Waals surface area (Å²) in [5.74, 6) is 2.41. The molecule has 1 unspecified atom stereocenters. The van der Waals surface area contributed by atoms with Gasteiger partial charge in [0.05, 0.1) is 25.7 Å². The van der Waals surface area contributed by atoms with Gasteiger partial charge in [-0.2, -0.15) is 0 Å². The third-order valence-corrected chi connectivity index (χ3v) is 5.61. The summed E-state index contributed by atoms with van der Waals surface area (Å²) in [5, 5.41) is 12.4. The molecule has 0 aliphatic carbocycles. The molecule has 164 valence electrons. The van der Waals surface area contributed by atoms with Crippen LogP contribution in [-0.2, 0) is 11.8 Å². The van der Waals surface area contributed by atoms with E-state index in [0.29, 0.717) is 38.9 Å². The molecule has 3 rings (SSSR count). The average molecular weight is 463 g/mol. The molecule has 31 heavy (non-hydrogen) atoms. The highest BCUT2D eigenvalue weighted by Gasteiger charge is 2.18. The molecule has 0 bridgehead atoms. The molecule has 3 aromatic rings. The number of hydrogen-bond donors (Lipinski definition) is 1. The number of ether oxygens (including phenoxy) is 3. The first kappa shape index (κ1) is 22.8. The molecule has 0 aliphatic rings. The largest absolute Gasteiger partial charge is 0.497 e. The van der Waals surface area contributed by atoms with E-state index in [4.69, 9.17) is 25.8 Å². The summed E-state index contributed by atoms with van der Waals surface area (Å²) in [6.07, 6.45) is -0.345. The lowest BCUT2D eigenvalue weighted by Gasteiger charge is -2.14. The maximum absolute atomic E-state index is 12.4. The third-order valence-electron chi connectivity index (χ3n) is 4.36. The average Bonchev–Trinajstić information content (AvgIpc) is 3.13. The van der Waals surface area contributed by atoms with Crippen molar-refractivity contribution in [2.75, 3.05) is 25.3 Å². The lowest BCUT2D eigenvalue weighted by molar-refractivity contribution is -0.113. The number of rotatable bonds is 9. The van der Waals surface area contributed by atoms with E-state index >= 15 is 0 Å². The van der Waals surface area contributed by atoms with Crippen molar-refractivity contribution in [3.63, 3.8) is 0 Å². The molecule has 0 aliphatic heterocycles. The smallest absolute Gasteiger partial charge is 0.234 e. The van der Waals surface area contributed by atoms with Crippen LogP contribution in [0.5, 0.6) is 17.2 Å². The van der Waals surface area contributed by atoms with E-state index in [2.05, 4.69) is 15.5 Å². The fourth-order valence-electron chi connectivity index (χ4n) is 2.82. The Hall–Kier alpha value is -2.91. The van der Waals surface area contributed by atoms with Crippen molar-refractivity contribution in [1.29, 1.82) is 0 Å². The van der Waals surface area contributed by atoms with E-state index in [1.54, 1.807) is 42.0 Å². The summed E-state index contributed by atoms with van der Waals surface area (Å²) in [4.78, 5) is 12.4. The molecule has 8 nitrogen and oxygen atoms in total. The fraction of sp³-hybridized carbons (Fsp3) is 0.286. The van der Waals surface area contributed by atoms with Crippen molar-refractivity contribution in [3.05, 3.63) is 53.3 Å². The second-order valence-corrected chi connectivity index (χ2v) is 7.90. The van der Waals surface area contributed by atoms with Gasteiger partial charge >= 0.3 is 0 Å². The van der Waals surface area contributed by atoms with Crippen LogP contribution >= 0.6 is 23.4 Å². The van der Waals surface area contributed by atoms with E-state index in [0.717, 1.165) is 0 Å². The molecule has 1 aromatic heterocycles. The standard InChI is InChI=1S/C21H23ClN4O4S/c1-13(30-16-7-5-6-14(22)10-16)20-24-25-21(26(20)2)31-12-19(27)23-17-9-8-15(28-3)11-18(17)29-4/h5-11,13H,12H2,1-4H3,(H,23,27). The van der Waals surface area contributed by atoms with Gasteiger partial charge in [-0.25, -0.2) is 0 Å². The first-order valence-corrected chi connectivity index (χ1v) is 10.7. The summed E-state index contributed by atoms with van der Waals surface area (Å²) in [6, 6.07) is 12.4. The third kappa shape index (κ3) is 5.83. The molecule has 2 aromatic carbocycles. The Morgan fingerprint density at radius 3 is 2.68 bits per heavy atom. The Balaban J connectivity index is 1.60. The van der Waals surface area contributed by atoms with Crippen LogP contribution in [0.2, 0.25) is 5.02 Å². The van der Waals surface area contributed by atoms with Gasteiger partial charge in [0.2, 0.25) is 5.91 Å². The number of methoxy groups -OCH3 is 2. The zero-order valence-corrected chi connectivity index (χ0v) is 19.2. The van der Waals surface area contributed by atoms with Gasteiger partial charge in [0.15, 0.2) is 17.1 Å². The number of aromatic nitrogens is 3. The number of hydrogen-bond acceptors (Lipinski definition) is 7. The van der Waals surface area contributed by atoms with Crippen LogP contribution in [0.3, 0.4) is 0 Å². The number of thioether (sulfide) groups is 1. The Morgan fingerprint density at radius 1 is 1.16 bits per heavy atom. The summed E-state index contributed by atoms with van der Waals surface area (Å²) in [5.41, 5.74) is 0.566. The van der Waals surface area contributed by atoms with Crippen LogP contribution in [-0.4, -0.2) is 40.6 Å². The summed E-state index contributed by atoms with van der Waals surface area (Å²) >= 11 is 7.28. The molecule has 1 atom stereocenters. The predicted octanol–water partition coefficient (Wildman–Crippen LogP) is 4.36. The van der Waals surface area contributed by atoms with Crippen molar-refractivity contribution < 1.29 is 19.0 Å². The number of benzene rings is 2. The molecular formula is C21H23ClN4O4S. The normalized spacial score (nSPS) is 11.6. The second-order valence-electron chi connectivity index (χ2n) is 6.52. The van der Waals surface area contributed by atoms with E-state index in [-0.39, 0.29) is 17.8 Å². The van der Waals surface area contributed by atoms with Gasteiger partial charge in [-0.3, -0.25) is 4.79 Å². The van der Waals surface area contributed by atoms with Crippen molar-refractivity contribution in [1.82, 2.24) is 14.8 Å². The van der Waals surface area contributed by atoms with Crippen LogP contribution in [0.4, 0.5) is 5.69 Å². The van der Waals surface area contributed by atoms with Gasteiger partial charge in [-0.15, -0.1) is 10.2 Å². The van der Waals surface area contributed by atoms with Crippen molar-refractivity contribution in [3.8, 4) is 17.2 Å². The quantitative estimate of drug-likeness (QED) is 0.473. The molecule has 0 saturated heterocycles. The molecular weight excluding hydrogens is 440 g/mol. The Labute approximate surface area is 189 Å². The Kier molecular flexibility index (Phi) is 7.64. The molecule has 0 saturated carbocycles. The Bertz CT molecular complexity index is 1060. The van der Waals surface area contributed by atoms with Crippen molar-refractivity contribution >= 4 is 35.0 Å². The van der Waals surface area contributed by atoms with E-state index in [9.17, 15) is 4.79 Å². The summed E-state index contributed by atoms with van der Waals surface area (Å²) in [6.45, 7) is 1.88. The number of amides is 1. The van der Waals surface area contributed by atoms with E-state index in [1.807, 2.05) is 26.1 Å². The maximum Gasteiger partial charge on any atom is 0.234 e. The first-order chi connectivity index (χ1) is 14.9. The van der Waals surface area contributed by atoms with E-state index in [1.165, 1.54) is 18.9 Å². The van der Waals surface area contributed by atoms with Crippen LogP contribution in [0, 0.1) is 0 Å². The van der Waals surface area contributed by atoms with Gasteiger partial charge in [0.25, 0.3) is 0 Å². The van der Waals surface area contributed by atoms with Gasteiger partial charge in [0.1, 0.15) is 17.2 Å². The fourth-order valence-corrected chi connectivity index (χ4v) is 3.72. The molecule has 1 N–H and O–H groups in total. The van der Waals surface area contributed by atoms with Gasteiger partial charge < -0.3 is 24.1 Å². The molecule has 0 radical (unpaired) electrons. The lowest BCUT2D eigenvalue weighted by Crippen LogP contribution is -2.15. The first-order valence-electron chi connectivity index (χ1n) is 9.37. The number of nitrogens with zero attached hydrogens (tertiary/aromatic N) is 3. The van der Waals surface area contributed by atoms with Crippen LogP contribution in [0.25, 0.3) is 0 Å².